The summed E-state index contributed by atoms with van der Waals surface area (Å²) in [4.78, 5) is 2.11. The first-order valence-corrected chi connectivity index (χ1v) is 5.98. The third-order valence-electron chi connectivity index (χ3n) is 2.94. The molecule has 1 rings (SSSR count). The molecule has 18 heavy (non-hydrogen) atoms. The van der Waals surface area contributed by atoms with E-state index in [1.807, 2.05) is 46.1 Å². The number of rotatable bonds is 5. The van der Waals surface area contributed by atoms with E-state index in [0.717, 1.165) is 17.1 Å². The fourth-order valence-electron chi connectivity index (χ4n) is 2.42. The maximum atomic E-state index is 6.26. The standard InChI is InChI=1S/C14H24N2O2/c1-14(2,15)13(16(3)4)10-7-8-11(17-5)12(9-10)18-6/h7-9,13H,15H2,1-6H3. The van der Waals surface area contributed by atoms with Crippen molar-refractivity contribution in [2.45, 2.75) is 25.4 Å². The van der Waals surface area contributed by atoms with E-state index in [0.29, 0.717) is 0 Å². The van der Waals surface area contributed by atoms with Gasteiger partial charge in [-0.3, -0.25) is 0 Å². The average molecular weight is 252 g/mol. The van der Waals surface area contributed by atoms with Gasteiger partial charge < -0.3 is 20.1 Å². The van der Waals surface area contributed by atoms with Crippen LogP contribution in [0.4, 0.5) is 0 Å². The smallest absolute Gasteiger partial charge is 0.161 e. The van der Waals surface area contributed by atoms with Crippen LogP contribution in [0.15, 0.2) is 18.2 Å². The molecule has 1 aromatic rings. The first-order valence-electron chi connectivity index (χ1n) is 5.98. The minimum absolute atomic E-state index is 0.109. The van der Waals surface area contributed by atoms with Crippen LogP contribution in [0.3, 0.4) is 0 Å². The SMILES string of the molecule is COc1ccc(C(N(C)C)C(C)(C)N)cc1OC. The zero-order valence-electron chi connectivity index (χ0n) is 12.2. The van der Waals surface area contributed by atoms with Gasteiger partial charge in [-0.2, -0.15) is 0 Å². The van der Waals surface area contributed by atoms with Gasteiger partial charge >= 0.3 is 0 Å². The number of methoxy groups -OCH3 is 2. The number of benzene rings is 1. The van der Waals surface area contributed by atoms with Crippen molar-refractivity contribution in [3.05, 3.63) is 23.8 Å². The molecule has 1 aromatic carbocycles. The van der Waals surface area contributed by atoms with Gasteiger partial charge in [-0.25, -0.2) is 0 Å². The van der Waals surface area contributed by atoms with Gasteiger partial charge in [0, 0.05) is 5.54 Å². The molecule has 1 atom stereocenters. The highest BCUT2D eigenvalue weighted by molar-refractivity contribution is 5.44. The summed E-state index contributed by atoms with van der Waals surface area (Å²) in [6, 6.07) is 6.03. The van der Waals surface area contributed by atoms with Gasteiger partial charge in [0.25, 0.3) is 0 Å². The van der Waals surface area contributed by atoms with E-state index in [1.165, 1.54) is 0 Å². The van der Waals surface area contributed by atoms with E-state index in [-0.39, 0.29) is 11.6 Å². The van der Waals surface area contributed by atoms with E-state index < -0.39 is 0 Å². The monoisotopic (exact) mass is 252 g/mol. The van der Waals surface area contributed by atoms with Crippen LogP contribution in [0.25, 0.3) is 0 Å². The molecule has 0 amide bonds. The Bertz CT molecular complexity index is 397. The fourth-order valence-corrected chi connectivity index (χ4v) is 2.42. The Morgan fingerprint density at radius 2 is 1.67 bits per heavy atom. The second-order valence-corrected chi connectivity index (χ2v) is 5.30. The van der Waals surface area contributed by atoms with E-state index in [4.69, 9.17) is 15.2 Å². The van der Waals surface area contributed by atoms with E-state index in [1.54, 1.807) is 14.2 Å². The zero-order valence-corrected chi connectivity index (χ0v) is 12.2. The molecule has 0 fully saturated rings. The summed E-state index contributed by atoms with van der Waals surface area (Å²) in [5.74, 6) is 1.46. The van der Waals surface area contributed by atoms with Crippen LogP contribution < -0.4 is 15.2 Å². The van der Waals surface area contributed by atoms with E-state index >= 15 is 0 Å². The van der Waals surface area contributed by atoms with Crippen molar-refractivity contribution in [1.82, 2.24) is 4.90 Å². The highest BCUT2D eigenvalue weighted by Gasteiger charge is 2.29. The summed E-state index contributed by atoms with van der Waals surface area (Å²) in [7, 11) is 7.32. The van der Waals surface area contributed by atoms with Crippen molar-refractivity contribution in [3.8, 4) is 11.5 Å². The Hall–Kier alpha value is -1.26. The molecule has 0 saturated carbocycles. The largest absolute Gasteiger partial charge is 0.493 e. The molecule has 0 radical (unpaired) electrons. The zero-order chi connectivity index (χ0) is 13.9. The van der Waals surface area contributed by atoms with Crippen molar-refractivity contribution in [3.63, 3.8) is 0 Å². The van der Waals surface area contributed by atoms with Gasteiger partial charge in [0.15, 0.2) is 11.5 Å². The summed E-state index contributed by atoms with van der Waals surface area (Å²) in [6.07, 6.45) is 0. The van der Waals surface area contributed by atoms with Crippen LogP contribution >= 0.6 is 0 Å². The molecule has 0 spiro atoms. The van der Waals surface area contributed by atoms with Crippen LogP contribution in [0.1, 0.15) is 25.5 Å². The minimum atomic E-state index is -0.344. The Kier molecular flexibility index (Phi) is 4.59. The minimum Gasteiger partial charge on any atom is -0.493 e. The van der Waals surface area contributed by atoms with Crippen molar-refractivity contribution < 1.29 is 9.47 Å². The number of ether oxygens (including phenoxy) is 2. The molecular formula is C14H24N2O2. The van der Waals surface area contributed by atoms with E-state index in [2.05, 4.69) is 4.90 Å². The quantitative estimate of drug-likeness (QED) is 0.871. The Balaban J connectivity index is 3.22. The summed E-state index contributed by atoms with van der Waals surface area (Å²) in [6.45, 7) is 4.04. The van der Waals surface area contributed by atoms with Gasteiger partial charge in [-0.1, -0.05) is 6.07 Å². The molecule has 2 N–H and O–H groups in total. The normalized spacial score (nSPS) is 13.6. The Labute approximate surface area is 110 Å². The average Bonchev–Trinajstić information content (AvgIpc) is 2.26. The summed E-state index contributed by atoms with van der Waals surface area (Å²) >= 11 is 0. The van der Waals surface area contributed by atoms with Crippen molar-refractivity contribution in [2.75, 3.05) is 28.3 Å². The molecule has 0 saturated heterocycles. The van der Waals surface area contributed by atoms with Gasteiger partial charge in [0.2, 0.25) is 0 Å². The molecule has 4 nitrogen and oxygen atoms in total. The van der Waals surface area contributed by atoms with Gasteiger partial charge in [-0.05, 0) is 45.6 Å². The Morgan fingerprint density at radius 3 is 2.06 bits per heavy atom. The molecule has 0 bridgehead atoms. The number of hydrogen-bond donors (Lipinski definition) is 1. The first-order chi connectivity index (χ1) is 8.31. The van der Waals surface area contributed by atoms with Crippen LogP contribution in [0.2, 0.25) is 0 Å². The predicted molar refractivity (Wildman–Crippen MR) is 74.2 cm³/mol. The highest BCUT2D eigenvalue weighted by atomic mass is 16.5. The molecule has 0 aliphatic carbocycles. The lowest BCUT2D eigenvalue weighted by Crippen LogP contribution is -2.45. The summed E-state index contributed by atoms with van der Waals surface area (Å²) in [5.41, 5.74) is 7.03. The lowest BCUT2D eigenvalue weighted by molar-refractivity contribution is 0.204. The highest BCUT2D eigenvalue weighted by Crippen LogP contribution is 2.34. The number of nitrogens with zero attached hydrogens (tertiary/aromatic N) is 1. The summed E-state index contributed by atoms with van der Waals surface area (Å²) < 4.78 is 10.6. The Morgan fingerprint density at radius 1 is 1.11 bits per heavy atom. The molecule has 0 aliphatic rings. The number of hydrogen-bond acceptors (Lipinski definition) is 4. The molecule has 0 aromatic heterocycles. The molecule has 1 unspecified atom stereocenters. The fraction of sp³-hybridized carbons (Fsp3) is 0.571. The van der Waals surface area contributed by atoms with Crippen LogP contribution in [-0.2, 0) is 0 Å². The maximum Gasteiger partial charge on any atom is 0.161 e. The molecular weight excluding hydrogens is 228 g/mol. The van der Waals surface area contributed by atoms with Gasteiger partial charge in [0.05, 0.1) is 20.3 Å². The lowest BCUT2D eigenvalue weighted by atomic mass is 9.88. The van der Waals surface area contributed by atoms with Gasteiger partial charge in [-0.15, -0.1) is 0 Å². The molecule has 0 heterocycles. The maximum absolute atomic E-state index is 6.26. The van der Waals surface area contributed by atoms with E-state index in [9.17, 15) is 0 Å². The van der Waals surface area contributed by atoms with Crippen molar-refractivity contribution in [1.29, 1.82) is 0 Å². The first kappa shape index (κ1) is 14.8. The predicted octanol–water partition coefficient (Wildman–Crippen LogP) is 2.04. The van der Waals surface area contributed by atoms with Crippen LogP contribution in [0.5, 0.6) is 11.5 Å². The second-order valence-electron chi connectivity index (χ2n) is 5.30. The van der Waals surface area contributed by atoms with Crippen molar-refractivity contribution >= 4 is 0 Å². The topological polar surface area (TPSA) is 47.7 Å². The number of nitrogens with two attached hydrogens (primary N) is 1. The van der Waals surface area contributed by atoms with Crippen LogP contribution in [0, 0.1) is 0 Å². The number of likely N-dealkylation sites (N-methyl/N-ethyl adjacent to an activating group) is 1. The molecule has 0 aliphatic heterocycles. The second kappa shape index (κ2) is 5.59. The van der Waals surface area contributed by atoms with Gasteiger partial charge in [0.1, 0.15) is 0 Å². The van der Waals surface area contributed by atoms with Crippen molar-refractivity contribution in [2.24, 2.45) is 5.73 Å². The third kappa shape index (κ3) is 3.15. The molecule has 102 valence electrons. The molecule has 4 heteroatoms. The van der Waals surface area contributed by atoms with Crippen LogP contribution in [-0.4, -0.2) is 38.8 Å². The summed E-state index contributed by atoms with van der Waals surface area (Å²) in [5, 5.41) is 0. The lowest BCUT2D eigenvalue weighted by Gasteiger charge is -2.36. The third-order valence-corrected chi connectivity index (χ3v) is 2.94.